The monoisotopic (exact) mass is 390 g/mol. The third-order valence-electron chi connectivity index (χ3n) is 4.26. The smallest absolute Gasteiger partial charge is 0.208 e. The predicted octanol–water partition coefficient (Wildman–Crippen LogP) is 0.624. The number of sulfonamides is 1. The number of hydrogen-bond acceptors (Lipinski definition) is 6. The van der Waals surface area contributed by atoms with E-state index < -0.39 is 19.9 Å². The molecular formula is C16H26N2O5S2. The fourth-order valence-electron chi connectivity index (χ4n) is 2.96. The Morgan fingerprint density at radius 3 is 2.48 bits per heavy atom. The summed E-state index contributed by atoms with van der Waals surface area (Å²) in [6, 6.07) is 7.66. The number of hydrogen-bond donors (Lipinski definition) is 1. The molecule has 0 spiro atoms. The van der Waals surface area contributed by atoms with Gasteiger partial charge in [0, 0.05) is 25.7 Å². The van der Waals surface area contributed by atoms with Crippen molar-refractivity contribution in [1.82, 2.24) is 9.62 Å². The van der Waals surface area contributed by atoms with Gasteiger partial charge in [0.05, 0.1) is 24.9 Å². The maximum absolute atomic E-state index is 11.8. The second-order valence-corrected chi connectivity index (χ2v) is 10.5. The first-order valence-corrected chi connectivity index (χ1v) is 11.9. The quantitative estimate of drug-likeness (QED) is 0.622. The Morgan fingerprint density at radius 2 is 1.96 bits per heavy atom. The molecular weight excluding hydrogens is 364 g/mol. The minimum atomic E-state index is -3.20. The van der Waals surface area contributed by atoms with E-state index in [-0.39, 0.29) is 17.5 Å². The molecule has 0 bridgehead atoms. The van der Waals surface area contributed by atoms with Crippen LogP contribution in [-0.2, 0) is 26.4 Å². The third-order valence-corrected chi connectivity index (χ3v) is 6.73. The summed E-state index contributed by atoms with van der Waals surface area (Å²) in [6.07, 6.45) is 2.38. The average Bonchev–Trinajstić information content (AvgIpc) is 2.90. The van der Waals surface area contributed by atoms with Gasteiger partial charge in [-0.25, -0.2) is 21.6 Å². The van der Waals surface area contributed by atoms with Crippen LogP contribution in [-0.4, -0.2) is 65.7 Å². The van der Waals surface area contributed by atoms with Crippen LogP contribution in [0.2, 0.25) is 0 Å². The summed E-state index contributed by atoms with van der Waals surface area (Å²) in [4.78, 5) is 2.14. The van der Waals surface area contributed by atoms with Crippen LogP contribution in [0.25, 0.3) is 0 Å². The summed E-state index contributed by atoms with van der Waals surface area (Å²) in [5, 5.41) is 0. The molecule has 0 aromatic heterocycles. The molecule has 0 aliphatic carbocycles. The Kier molecular flexibility index (Phi) is 6.84. The molecule has 1 saturated heterocycles. The van der Waals surface area contributed by atoms with Crippen molar-refractivity contribution >= 4 is 19.9 Å². The number of nitrogens with zero attached hydrogens (tertiary/aromatic N) is 1. The van der Waals surface area contributed by atoms with Gasteiger partial charge in [-0.05, 0) is 30.5 Å². The number of ether oxygens (including phenoxy) is 1. The molecule has 1 unspecified atom stereocenters. The Hall–Kier alpha value is -1.16. The van der Waals surface area contributed by atoms with E-state index in [0.717, 1.165) is 17.6 Å². The summed E-state index contributed by atoms with van der Waals surface area (Å²) in [5.41, 5.74) is 1.07. The molecule has 1 aromatic rings. The van der Waals surface area contributed by atoms with Gasteiger partial charge in [0.15, 0.2) is 9.84 Å². The van der Waals surface area contributed by atoms with E-state index in [2.05, 4.69) is 9.62 Å². The molecule has 0 amide bonds. The first-order valence-electron chi connectivity index (χ1n) is 8.20. The van der Waals surface area contributed by atoms with Crippen molar-refractivity contribution in [1.29, 1.82) is 0 Å². The average molecular weight is 391 g/mol. The van der Waals surface area contributed by atoms with E-state index in [1.165, 1.54) is 0 Å². The maximum Gasteiger partial charge on any atom is 0.208 e. The third kappa shape index (κ3) is 6.93. The van der Waals surface area contributed by atoms with Crippen LogP contribution in [0.15, 0.2) is 24.3 Å². The predicted molar refractivity (Wildman–Crippen MR) is 97.9 cm³/mol. The topological polar surface area (TPSA) is 92.8 Å². The van der Waals surface area contributed by atoms with Crippen LogP contribution in [0.4, 0.5) is 0 Å². The minimum absolute atomic E-state index is 0.0228. The summed E-state index contributed by atoms with van der Waals surface area (Å²) in [6.45, 7) is 1.61. The summed E-state index contributed by atoms with van der Waals surface area (Å²) in [5.74, 6) is 1.16. The Bertz CT molecular complexity index is 760. The van der Waals surface area contributed by atoms with Crippen LogP contribution in [0.5, 0.6) is 5.75 Å². The van der Waals surface area contributed by atoms with E-state index in [4.69, 9.17) is 4.74 Å². The van der Waals surface area contributed by atoms with Crippen molar-refractivity contribution in [2.24, 2.45) is 0 Å². The molecule has 1 aliphatic heterocycles. The van der Waals surface area contributed by atoms with Gasteiger partial charge in [-0.2, -0.15) is 0 Å². The van der Waals surface area contributed by atoms with Crippen LogP contribution >= 0.6 is 0 Å². The highest BCUT2D eigenvalue weighted by Crippen LogP contribution is 2.21. The highest BCUT2D eigenvalue weighted by molar-refractivity contribution is 7.91. The lowest BCUT2D eigenvalue weighted by molar-refractivity contribution is 0.201. The Morgan fingerprint density at radius 1 is 1.28 bits per heavy atom. The number of rotatable bonds is 9. The van der Waals surface area contributed by atoms with Crippen molar-refractivity contribution in [2.45, 2.75) is 25.4 Å². The largest absolute Gasteiger partial charge is 0.497 e. The Balaban J connectivity index is 2.00. The molecule has 1 heterocycles. The molecule has 0 saturated carbocycles. The van der Waals surface area contributed by atoms with Crippen LogP contribution in [0, 0.1) is 0 Å². The van der Waals surface area contributed by atoms with Gasteiger partial charge in [-0.1, -0.05) is 12.1 Å². The molecule has 1 N–H and O–H groups in total. The number of methoxy groups -OCH3 is 1. The normalized spacial score (nSPS) is 20.0. The van der Waals surface area contributed by atoms with E-state index in [9.17, 15) is 16.8 Å². The molecule has 1 atom stereocenters. The van der Waals surface area contributed by atoms with Gasteiger partial charge in [-0.3, -0.25) is 4.90 Å². The fraction of sp³-hybridized carbons (Fsp3) is 0.625. The van der Waals surface area contributed by atoms with Crippen molar-refractivity contribution in [3.8, 4) is 5.75 Å². The summed E-state index contributed by atoms with van der Waals surface area (Å²) < 4.78 is 53.5. The van der Waals surface area contributed by atoms with Crippen LogP contribution in [0.1, 0.15) is 18.4 Å². The van der Waals surface area contributed by atoms with Crippen molar-refractivity contribution < 1.29 is 21.6 Å². The van der Waals surface area contributed by atoms with Crippen molar-refractivity contribution in [3.05, 3.63) is 29.8 Å². The molecule has 25 heavy (non-hydrogen) atoms. The van der Waals surface area contributed by atoms with Crippen molar-refractivity contribution in [2.75, 3.05) is 38.0 Å². The van der Waals surface area contributed by atoms with Crippen LogP contribution < -0.4 is 9.46 Å². The lowest BCUT2D eigenvalue weighted by Crippen LogP contribution is -2.37. The lowest BCUT2D eigenvalue weighted by Gasteiger charge is -2.28. The molecule has 1 aliphatic rings. The van der Waals surface area contributed by atoms with Gasteiger partial charge in [0.2, 0.25) is 10.0 Å². The van der Waals surface area contributed by atoms with Crippen LogP contribution in [0.3, 0.4) is 0 Å². The van der Waals surface area contributed by atoms with E-state index in [0.29, 0.717) is 32.5 Å². The first-order chi connectivity index (χ1) is 11.7. The zero-order valence-electron chi connectivity index (χ0n) is 14.6. The SMILES string of the molecule is COc1ccc(CN(CCCNS(C)(=O)=O)C2CCS(=O)(=O)C2)cc1. The van der Waals surface area contributed by atoms with Crippen molar-refractivity contribution in [3.63, 3.8) is 0 Å². The minimum Gasteiger partial charge on any atom is -0.497 e. The fourth-order valence-corrected chi connectivity index (χ4v) is 5.24. The second kappa shape index (κ2) is 8.48. The molecule has 9 heteroatoms. The molecule has 2 rings (SSSR count). The first kappa shape index (κ1) is 20.2. The Labute approximate surface area is 150 Å². The van der Waals surface area contributed by atoms with Gasteiger partial charge in [0.25, 0.3) is 0 Å². The lowest BCUT2D eigenvalue weighted by atomic mass is 10.1. The number of benzene rings is 1. The molecule has 0 radical (unpaired) electrons. The van der Waals surface area contributed by atoms with Gasteiger partial charge in [-0.15, -0.1) is 0 Å². The summed E-state index contributed by atoms with van der Waals surface area (Å²) in [7, 11) is -4.56. The molecule has 1 aromatic carbocycles. The van der Waals surface area contributed by atoms with Gasteiger partial charge in [0.1, 0.15) is 5.75 Å². The standard InChI is InChI=1S/C16H26N2O5S2/c1-23-16-6-4-14(5-7-16)12-18(10-3-9-17-24(2,19)20)15-8-11-25(21,22)13-15/h4-7,15,17H,3,8-13H2,1-2H3. The van der Waals surface area contributed by atoms with E-state index in [1.54, 1.807) is 7.11 Å². The highest BCUT2D eigenvalue weighted by Gasteiger charge is 2.32. The summed E-state index contributed by atoms with van der Waals surface area (Å²) >= 11 is 0. The number of sulfone groups is 1. The highest BCUT2D eigenvalue weighted by atomic mass is 32.2. The molecule has 142 valence electrons. The zero-order chi connectivity index (χ0) is 18.5. The second-order valence-electron chi connectivity index (χ2n) is 6.40. The van der Waals surface area contributed by atoms with Gasteiger partial charge < -0.3 is 4.74 Å². The van der Waals surface area contributed by atoms with Gasteiger partial charge >= 0.3 is 0 Å². The number of nitrogens with one attached hydrogen (secondary N) is 1. The molecule has 7 nitrogen and oxygen atoms in total. The molecule has 1 fully saturated rings. The maximum atomic E-state index is 11.8. The van der Waals surface area contributed by atoms with E-state index >= 15 is 0 Å². The zero-order valence-corrected chi connectivity index (χ0v) is 16.3. The van der Waals surface area contributed by atoms with E-state index in [1.807, 2.05) is 24.3 Å².